The van der Waals surface area contributed by atoms with Crippen LogP contribution in [-0.4, -0.2) is 67.5 Å². The molecule has 176 valence electrons. The third-order valence-corrected chi connectivity index (χ3v) is 6.56. The van der Waals surface area contributed by atoms with Gasteiger partial charge < -0.3 is 23.8 Å². The number of methoxy groups -OCH3 is 2. The van der Waals surface area contributed by atoms with Crippen molar-refractivity contribution < 1.29 is 28.5 Å². The van der Waals surface area contributed by atoms with Crippen molar-refractivity contribution in [2.45, 2.75) is 36.9 Å². The number of fused-ring (bicyclic) bond motifs is 1. The summed E-state index contributed by atoms with van der Waals surface area (Å²) in [6.45, 7) is 3.16. The number of carbonyl (C=O) groups is 2. The van der Waals surface area contributed by atoms with Crippen molar-refractivity contribution in [3.05, 3.63) is 29.5 Å². The fourth-order valence-corrected chi connectivity index (χ4v) is 4.65. The molecule has 3 heterocycles. The summed E-state index contributed by atoms with van der Waals surface area (Å²) in [5.74, 6) is 1.49. The van der Waals surface area contributed by atoms with E-state index in [1.54, 1.807) is 26.2 Å². The van der Waals surface area contributed by atoms with Crippen molar-refractivity contribution >= 4 is 29.3 Å². The highest BCUT2D eigenvalue weighted by Gasteiger charge is 2.45. The molecule has 1 spiro atoms. The highest BCUT2D eigenvalue weighted by atomic mass is 32.2. The molecule has 2 aliphatic heterocycles. The quantitative estimate of drug-likeness (QED) is 0.352. The molecule has 0 amide bonds. The minimum absolute atomic E-state index is 0.0181. The Kier molecular flexibility index (Phi) is 6.64. The van der Waals surface area contributed by atoms with E-state index in [1.807, 2.05) is 11.2 Å². The number of esters is 1. The number of ketones is 1. The molecule has 1 saturated heterocycles. The number of hydrogen-bond donors (Lipinski definition) is 0. The third-order valence-electron chi connectivity index (χ3n) is 6.00. The fraction of sp³-hybridized carbons (Fsp3) is 0.478. The smallest absolute Gasteiger partial charge is 0.343 e. The van der Waals surface area contributed by atoms with Crippen LogP contribution in [-0.2, 0) is 4.74 Å². The molecule has 2 aromatic rings. The highest BCUT2D eigenvalue weighted by Crippen LogP contribution is 2.48. The zero-order chi connectivity index (χ0) is 23.6. The van der Waals surface area contributed by atoms with E-state index < -0.39 is 11.6 Å². The molecule has 1 fully saturated rings. The minimum atomic E-state index is -0.653. The number of piperidine rings is 1. The van der Waals surface area contributed by atoms with Gasteiger partial charge in [-0.2, -0.15) is 0 Å². The second-order valence-electron chi connectivity index (χ2n) is 7.86. The van der Waals surface area contributed by atoms with Crippen LogP contribution in [0.25, 0.3) is 0 Å². The Balaban J connectivity index is 1.60. The van der Waals surface area contributed by atoms with E-state index in [-0.39, 0.29) is 18.8 Å². The minimum Gasteiger partial charge on any atom is -0.493 e. The van der Waals surface area contributed by atoms with Crippen LogP contribution in [0.3, 0.4) is 0 Å². The Morgan fingerprint density at radius 1 is 1.24 bits per heavy atom. The second kappa shape index (κ2) is 9.46. The number of hydrogen-bond acceptors (Lipinski definition) is 10. The number of aromatic nitrogens is 2. The summed E-state index contributed by atoms with van der Waals surface area (Å²) in [7, 11) is 3.08. The zero-order valence-corrected chi connectivity index (χ0v) is 20.0. The van der Waals surface area contributed by atoms with Crippen LogP contribution in [0.4, 0.5) is 5.82 Å². The Hall–Kier alpha value is -3.01. The Labute approximate surface area is 196 Å². The lowest BCUT2D eigenvalue weighted by Crippen LogP contribution is -2.51. The summed E-state index contributed by atoms with van der Waals surface area (Å²) in [5.41, 5.74) is 0.188. The lowest BCUT2D eigenvalue weighted by Gasteiger charge is -2.44. The third kappa shape index (κ3) is 4.31. The molecule has 2 aliphatic rings. The lowest BCUT2D eigenvalue weighted by molar-refractivity contribution is 0.0206. The van der Waals surface area contributed by atoms with E-state index in [1.165, 1.54) is 25.1 Å². The topological polar surface area (TPSA) is 100 Å². The zero-order valence-electron chi connectivity index (χ0n) is 19.2. The first-order chi connectivity index (χ1) is 15.9. The van der Waals surface area contributed by atoms with Crippen LogP contribution in [0, 0.1) is 0 Å². The van der Waals surface area contributed by atoms with Gasteiger partial charge in [0.1, 0.15) is 17.0 Å². The first-order valence-corrected chi connectivity index (χ1v) is 12.0. The molecule has 0 atom stereocenters. The van der Waals surface area contributed by atoms with E-state index in [4.69, 9.17) is 18.9 Å². The van der Waals surface area contributed by atoms with Crippen LogP contribution in [0.15, 0.2) is 23.5 Å². The van der Waals surface area contributed by atoms with Crippen LogP contribution in [0.5, 0.6) is 17.2 Å². The maximum absolute atomic E-state index is 13.0. The average Bonchev–Trinajstić information content (AvgIpc) is 2.83. The number of Topliss-reactive ketones (excluding diaryl/α,β-unsaturated/α-hetero) is 1. The SMILES string of the molecule is CCOC(=O)c1cnc(SC)nc1N1CCC2(CC1)CC(=O)c1ccc(OC)c(OC)c1O2. The Morgan fingerprint density at radius 3 is 2.64 bits per heavy atom. The van der Waals surface area contributed by atoms with Gasteiger partial charge in [-0.15, -0.1) is 0 Å². The van der Waals surface area contributed by atoms with E-state index >= 15 is 0 Å². The number of nitrogens with zero attached hydrogens (tertiary/aromatic N) is 3. The summed E-state index contributed by atoms with van der Waals surface area (Å²) in [6, 6.07) is 3.44. The molecule has 0 unspecified atom stereocenters. The van der Waals surface area contributed by atoms with Gasteiger partial charge in [0, 0.05) is 32.1 Å². The summed E-state index contributed by atoms with van der Waals surface area (Å²) < 4.78 is 22.6. The van der Waals surface area contributed by atoms with E-state index in [0.717, 1.165) is 0 Å². The summed E-state index contributed by atoms with van der Waals surface area (Å²) in [4.78, 5) is 36.3. The molecule has 0 N–H and O–H groups in total. The van der Waals surface area contributed by atoms with Gasteiger partial charge in [-0.3, -0.25) is 4.79 Å². The van der Waals surface area contributed by atoms with Crippen LogP contribution in [0.2, 0.25) is 0 Å². The Bertz CT molecular complexity index is 1070. The molecule has 9 nitrogen and oxygen atoms in total. The molecule has 0 aliphatic carbocycles. The van der Waals surface area contributed by atoms with Gasteiger partial charge in [0.2, 0.25) is 5.75 Å². The van der Waals surface area contributed by atoms with Crippen LogP contribution >= 0.6 is 11.8 Å². The first kappa shape index (κ1) is 23.2. The molecular formula is C23H27N3O6S. The van der Waals surface area contributed by atoms with E-state index in [9.17, 15) is 9.59 Å². The van der Waals surface area contributed by atoms with Crippen LogP contribution in [0.1, 0.15) is 46.9 Å². The lowest BCUT2D eigenvalue weighted by atomic mass is 9.82. The molecule has 0 radical (unpaired) electrons. The normalized spacial score (nSPS) is 16.7. The molecule has 0 bridgehead atoms. The maximum atomic E-state index is 13.0. The molecule has 0 saturated carbocycles. The highest BCUT2D eigenvalue weighted by molar-refractivity contribution is 7.98. The number of benzene rings is 1. The number of carbonyl (C=O) groups excluding carboxylic acids is 2. The van der Waals surface area contributed by atoms with Gasteiger partial charge in [0.15, 0.2) is 22.4 Å². The largest absolute Gasteiger partial charge is 0.493 e. The van der Waals surface area contributed by atoms with Gasteiger partial charge in [0.05, 0.1) is 32.8 Å². The molecular weight excluding hydrogens is 446 g/mol. The first-order valence-electron chi connectivity index (χ1n) is 10.8. The summed E-state index contributed by atoms with van der Waals surface area (Å²) in [5, 5.41) is 0.577. The van der Waals surface area contributed by atoms with E-state index in [2.05, 4.69) is 9.97 Å². The molecule has 1 aromatic carbocycles. The van der Waals surface area contributed by atoms with E-state index in [0.29, 0.717) is 65.3 Å². The molecule has 33 heavy (non-hydrogen) atoms. The van der Waals surface area contributed by atoms with Gasteiger partial charge in [-0.05, 0) is 25.3 Å². The van der Waals surface area contributed by atoms with Gasteiger partial charge in [-0.25, -0.2) is 14.8 Å². The maximum Gasteiger partial charge on any atom is 0.343 e. The standard InChI is InChI=1S/C23H27N3O6S/c1-5-31-21(28)15-13-24-22(33-4)25-20(15)26-10-8-23(9-11-26)12-16(27)14-6-7-17(29-2)19(30-3)18(14)32-23/h6-7,13H,5,8-12H2,1-4H3. The average molecular weight is 474 g/mol. The van der Waals surface area contributed by atoms with Crippen molar-refractivity contribution in [3.63, 3.8) is 0 Å². The number of thioether (sulfide) groups is 1. The predicted molar refractivity (Wildman–Crippen MR) is 123 cm³/mol. The van der Waals surface area contributed by atoms with Crippen LogP contribution < -0.4 is 19.1 Å². The number of rotatable bonds is 6. The number of anilines is 1. The van der Waals surface area contributed by atoms with Crippen molar-refractivity contribution in [1.82, 2.24) is 9.97 Å². The number of ether oxygens (including phenoxy) is 4. The van der Waals surface area contributed by atoms with Gasteiger partial charge in [0.25, 0.3) is 0 Å². The molecule has 10 heteroatoms. The predicted octanol–water partition coefficient (Wildman–Crippen LogP) is 3.40. The fourth-order valence-electron chi connectivity index (χ4n) is 4.31. The van der Waals surface area contributed by atoms with Gasteiger partial charge >= 0.3 is 5.97 Å². The Morgan fingerprint density at radius 2 is 2.00 bits per heavy atom. The van der Waals surface area contributed by atoms with Gasteiger partial charge in [-0.1, -0.05) is 11.8 Å². The van der Waals surface area contributed by atoms with Crippen molar-refractivity contribution in [1.29, 1.82) is 0 Å². The van der Waals surface area contributed by atoms with Crippen molar-refractivity contribution in [3.8, 4) is 17.2 Å². The molecule has 4 rings (SSSR count). The second-order valence-corrected chi connectivity index (χ2v) is 8.64. The summed E-state index contributed by atoms with van der Waals surface area (Å²) >= 11 is 1.41. The monoisotopic (exact) mass is 473 g/mol. The van der Waals surface area contributed by atoms with Crippen molar-refractivity contribution in [2.24, 2.45) is 0 Å². The summed E-state index contributed by atoms with van der Waals surface area (Å²) in [6.07, 6.45) is 4.85. The van der Waals surface area contributed by atoms with Crippen molar-refractivity contribution in [2.75, 3.05) is 45.1 Å². The molecule has 1 aromatic heterocycles.